The van der Waals surface area contributed by atoms with Crippen molar-refractivity contribution in [3.05, 3.63) is 29.8 Å². The lowest BCUT2D eigenvalue weighted by atomic mass is 9.96. The van der Waals surface area contributed by atoms with Crippen molar-refractivity contribution in [2.75, 3.05) is 12.8 Å². The lowest BCUT2D eigenvalue weighted by molar-refractivity contribution is -0.121. The molecule has 0 aliphatic heterocycles. The number of carbonyl (C=O) groups excluding carboxylic acids is 1. The Labute approximate surface area is 114 Å². The molecule has 0 unspecified atom stereocenters. The van der Waals surface area contributed by atoms with E-state index in [4.69, 9.17) is 0 Å². The molecule has 18 heavy (non-hydrogen) atoms. The van der Waals surface area contributed by atoms with Crippen LogP contribution >= 0.6 is 11.8 Å². The molecule has 3 heteroatoms. The highest BCUT2D eigenvalue weighted by atomic mass is 32.2. The summed E-state index contributed by atoms with van der Waals surface area (Å²) in [4.78, 5) is 12.9. The molecule has 1 aliphatic carbocycles. The van der Waals surface area contributed by atoms with Crippen LogP contribution in [0.4, 0.5) is 0 Å². The van der Waals surface area contributed by atoms with Crippen molar-refractivity contribution in [1.29, 1.82) is 0 Å². The van der Waals surface area contributed by atoms with Gasteiger partial charge in [0.1, 0.15) is 0 Å². The minimum absolute atomic E-state index is 0.186. The Bertz CT molecular complexity index is 426. The molecule has 1 aromatic carbocycles. The monoisotopic (exact) mass is 263 g/mol. The number of benzene rings is 1. The lowest BCUT2D eigenvalue weighted by Gasteiger charge is -2.19. The summed E-state index contributed by atoms with van der Waals surface area (Å²) in [5, 5.41) is 3.09. The van der Waals surface area contributed by atoms with Crippen LogP contribution in [0.25, 0.3) is 0 Å². The van der Waals surface area contributed by atoms with Crippen LogP contribution < -0.4 is 5.32 Å². The summed E-state index contributed by atoms with van der Waals surface area (Å²) in [5.74, 6) is 0.186. The van der Waals surface area contributed by atoms with Crippen molar-refractivity contribution in [3.8, 4) is 0 Å². The molecule has 1 N–H and O–H groups in total. The summed E-state index contributed by atoms with van der Waals surface area (Å²) >= 11 is 1.79. The van der Waals surface area contributed by atoms with Gasteiger partial charge in [-0.05, 0) is 37.1 Å². The van der Waals surface area contributed by atoms with Crippen LogP contribution in [-0.2, 0) is 10.2 Å². The zero-order chi connectivity index (χ0) is 13.0. The van der Waals surface area contributed by atoms with Crippen LogP contribution in [0, 0.1) is 0 Å². The third-order valence-electron chi connectivity index (χ3n) is 3.63. The zero-order valence-electron chi connectivity index (χ0n) is 11.2. The van der Waals surface area contributed by atoms with Gasteiger partial charge in [-0.3, -0.25) is 4.79 Å². The molecule has 1 fully saturated rings. The molecule has 1 saturated carbocycles. The average molecular weight is 263 g/mol. The molecule has 0 atom stereocenters. The maximum absolute atomic E-state index is 11.6. The molecule has 2 nitrogen and oxygen atoms in total. The van der Waals surface area contributed by atoms with Gasteiger partial charge in [-0.15, -0.1) is 11.8 Å². The second-order valence-corrected chi connectivity index (χ2v) is 5.86. The first-order valence-corrected chi connectivity index (χ1v) is 7.84. The van der Waals surface area contributed by atoms with Crippen molar-refractivity contribution in [3.63, 3.8) is 0 Å². The second-order valence-electron chi connectivity index (χ2n) is 5.01. The average Bonchev–Trinajstić information content (AvgIpc) is 3.18. The zero-order valence-corrected chi connectivity index (χ0v) is 12.0. The highest BCUT2D eigenvalue weighted by Crippen LogP contribution is 2.50. The van der Waals surface area contributed by atoms with Gasteiger partial charge >= 0.3 is 0 Å². The predicted octanol–water partition coefficient (Wildman–Crippen LogP) is 3.36. The van der Waals surface area contributed by atoms with Crippen LogP contribution in [0.15, 0.2) is 29.2 Å². The minimum atomic E-state index is 0.186. The Kier molecular flexibility index (Phi) is 4.33. The topological polar surface area (TPSA) is 29.1 Å². The number of rotatable bonds is 6. The van der Waals surface area contributed by atoms with Crippen LogP contribution in [-0.4, -0.2) is 18.7 Å². The van der Waals surface area contributed by atoms with E-state index in [2.05, 4.69) is 35.8 Å². The molecule has 0 spiro atoms. The molecule has 0 bridgehead atoms. The fraction of sp³-hybridized carbons (Fsp3) is 0.533. The smallest absolute Gasteiger partial charge is 0.220 e. The van der Waals surface area contributed by atoms with Crippen molar-refractivity contribution in [2.24, 2.45) is 0 Å². The summed E-state index contributed by atoms with van der Waals surface area (Å²) in [6, 6.07) is 8.57. The van der Waals surface area contributed by atoms with Crippen LogP contribution in [0.3, 0.4) is 0 Å². The normalized spacial score (nSPS) is 16.3. The Balaban J connectivity index is 2.05. The van der Waals surface area contributed by atoms with E-state index in [0.717, 1.165) is 13.0 Å². The Morgan fingerprint density at radius 1 is 1.39 bits per heavy atom. The van der Waals surface area contributed by atoms with Crippen molar-refractivity contribution < 1.29 is 4.79 Å². The molecule has 0 saturated heterocycles. The van der Waals surface area contributed by atoms with E-state index < -0.39 is 0 Å². The SMILES string of the molecule is CCCC(=O)NCC1(c2ccccc2SC)CC1. The molecule has 1 aliphatic rings. The summed E-state index contributed by atoms with van der Waals surface area (Å²) in [6.07, 6.45) is 6.05. The van der Waals surface area contributed by atoms with Crippen LogP contribution in [0.1, 0.15) is 38.2 Å². The molecular weight excluding hydrogens is 242 g/mol. The molecule has 98 valence electrons. The quantitative estimate of drug-likeness (QED) is 0.797. The highest BCUT2D eigenvalue weighted by Gasteiger charge is 2.45. The summed E-state index contributed by atoms with van der Waals surface area (Å²) in [6.45, 7) is 2.83. The molecule has 0 aromatic heterocycles. The first kappa shape index (κ1) is 13.5. The van der Waals surface area contributed by atoms with E-state index in [1.165, 1.54) is 23.3 Å². The Hall–Kier alpha value is -0.960. The second kappa shape index (κ2) is 5.79. The van der Waals surface area contributed by atoms with Crippen molar-refractivity contribution in [2.45, 2.75) is 42.9 Å². The number of thioether (sulfide) groups is 1. The minimum Gasteiger partial charge on any atom is -0.355 e. The van der Waals surface area contributed by atoms with Crippen LogP contribution in [0.5, 0.6) is 0 Å². The number of hydrogen-bond acceptors (Lipinski definition) is 2. The van der Waals surface area contributed by atoms with Gasteiger partial charge in [0.15, 0.2) is 0 Å². The summed E-state index contributed by atoms with van der Waals surface area (Å²) in [5.41, 5.74) is 1.62. The van der Waals surface area contributed by atoms with E-state index in [1.807, 2.05) is 6.92 Å². The summed E-state index contributed by atoms with van der Waals surface area (Å²) in [7, 11) is 0. The molecular formula is C15H21NOS. The fourth-order valence-corrected chi connectivity index (χ4v) is 3.08. The Morgan fingerprint density at radius 2 is 2.11 bits per heavy atom. The standard InChI is InChI=1S/C15H21NOS/c1-3-6-14(17)16-11-15(9-10-15)12-7-4-5-8-13(12)18-2/h4-5,7-8H,3,6,9-11H2,1-2H3,(H,16,17). The van der Waals surface area contributed by atoms with Gasteiger partial charge in [0.25, 0.3) is 0 Å². The maximum Gasteiger partial charge on any atom is 0.220 e. The van der Waals surface area contributed by atoms with Crippen molar-refractivity contribution in [1.82, 2.24) is 5.32 Å². The van der Waals surface area contributed by atoms with E-state index in [9.17, 15) is 4.79 Å². The van der Waals surface area contributed by atoms with Gasteiger partial charge in [-0.25, -0.2) is 0 Å². The van der Waals surface area contributed by atoms with Gasteiger partial charge in [0, 0.05) is 23.3 Å². The van der Waals surface area contributed by atoms with Crippen LogP contribution in [0.2, 0.25) is 0 Å². The van der Waals surface area contributed by atoms with Gasteiger partial charge in [-0.2, -0.15) is 0 Å². The number of carbonyl (C=O) groups is 1. The molecule has 0 radical (unpaired) electrons. The van der Waals surface area contributed by atoms with E-state index in [0.29, 0.717) is 6.42 Å². The molecule has 2 rings (SSSR count). The number of nitrogens with one attached hydrogen (secondary N) is 1. The molecule has 1 amide bonds. The van der Waals surface area contributed by atoms with Gasteiger partial charge in [0.05, 0.1) is 0 Å². The number of hydrogen-bond donors (Lipinski definition) is 1. The fourth-order valence-electron chi connectivity index (χ4n) is 2.36. The third-order valence-corrected chi connectivity index (χ3v) is 4.43. The lowest BCUT2D eigenvalue weighted by Crippen LogP contribution is -2.32. The molecule has 0 heterocycles. The first-order chi connectivity index (χ1) is 8.72. The largest absolute Gasteiger partial charge is 0.355 e. The van der Waals surface area contributed by atoms with E-state index in [1.54, 1.807) is 11.8 Å². The van der Waals surface area contributed by atoms with Crippen molar-refractivity contribution >= 4 is 17.7 Å². The maximum atomic E-state index is 11.6. The van der Waals surface area contributed by atoms with Gasteiger partial charge in [-0.1, -0.05) is 25.1 Å². The highest BCUT2D eigenvalue weighted by molar-refractivity contribution is 7.98. The molecule has 1 aromatic rings. The first-order valence-electron chi connectivity index (χ1n) is 6.62. The summed E-state index contributed by atoms with van der Waals surface area (Å²) < 4.78 is 0. The van der Waals surface area contributed by atoms with E-state index >= 15 is 0 Å². The number of amides is 1. The third kappa shape index (κ3) is 2.89. The van der Waals surface area contributed by atoms with Gasteiger partial charge in [0.2, 0.25) is 5.91 Å². The Morgan fingerprint density at radius 3 is 2.72 bits per heavy atom. The predicted molar refractivity (Wildman–Crippen MR) is 77.1 cm³/mol. The van der Waals surface area contributed by atoms with Gasteiger partial charge < -0.3 is 5.32 Å². The van der Waals surface area contributed by atoms with E-state index in [-0.39, 0.29) is 11.3 Å².